The van der Waals surface area contributed by atoms with E-state index in [0.29, 0.717) is 12.1 Å². The average molecular weight is 401 g/mol. The molecule has 12 heteroatoms. The predicted molar refractivity (Wildman–Crippen MR) is 87.8 cm³/mol. The zero-order valence-electron chi connectivity index (χ0n) is 13.7. The molecular formula is C16H11F4N3O5. The SMILES string of the molecule is Nc1cc(C(F)(F)F)ccc1C(=O)OCC(=O)Nc1cc([N+](=O)[O-])ccc1F. The second-order valence-corrected chi connectivity index (χ2v) is 5.35. The van der Waals surface area contributed by atoms with Crippen molar-refractivity contribution in [3.8, 4) is 0 Å². The molecule has 0 aromatic heterocycles. The number of alkyl halides is 3. The number of rotatable bonds is 5. The van der Waals surface area contributed by atoms with E-state index >= 15 is 0 Å². The van der Waals surface area contributed by atoms with Gasteiger partial charge in [-0.15, -0.1) is 0 Å². The van der Waals surface area contributed by atoms with Crippen LogP contribution in [0.25, 0.3) is 0 Å². The van der Waals surface area contributed by atoms with E-state index in [9.17, 15) is 37.3 Å². The maximum Gasteiger partial charge on any atom is 0.416 e. The van der Waals surface area contributed by atoms with Crippen LogP contribution in [0, 0.1) is 15.9 Å². The van der Waals surface area contributed by atoms with Crippen molar-refractivity contribution in [1.29, 1.82) is 0 Å². The van der Waals surface area contributed by atoms with Crippen LogP contribution in [-0.4, -0.2) is 23.4 Å². The molecule has 0 bridgehead atoms. The molecule has 8 nitrogen and oxygen atoms in total. The van der Waals surface area contributed by atoms with Gasteiger partial charge >= 0.3 is 12.1 Å². The Morgan fingerprint density at radius 2 is 1.86 bits per heavy atom. The Bertz CT molecular complexity index is 946. The lowest BCUT2D eigenvalue weighted by molar-refractivity contribution is -0.384. The lowest BCUT2D eigenvalue weighted by Gasteiger charge is -2.11. The van der Waals surface area contributed by atoms with E-state index in [-0.39, 0.29) is 0 Å². The maximum absolute atomic E-state index is 13.6. The molecule has 0 aliphatic carbocycles. The van der Waals surface area contributed by atoms with Crippen LogP contribution in [0.2, 0.25) is 0 Å². The van der Waals surface area contributed by atoms with Crippen LogP contribution in [0.15, 0.2) is 36.4 Å². The number of nitro benzene ring substituents is 1. The molecule has 0 radical (unpaired) electrons. The van der Waals surface area contributed by atoms with Crippen molar-refractivity contribution in [2.45, 2.75) is 6.18 Å². The Labute approximate surface area is 154 Å². The molecule has 2 rings (SSSR count). The van der Waals surface area contributed by atoms with Gasteiger partial charge in [0, 0.05) is 17.8 Å². The highest BCUT2D eigenvalue weighted by Crippen LogP contribution is 2.31. The second-order valence-electron chi connectivity index (χ2n) is 5.35. The molecule has 0 atom stereocenters. The molecule has 0 aliphatic rings. The fraction of sp³-hybridized carbons (Fsp3) is 0.125. The number of ether oxygens (including phenoxy) is 1. The molecule has 0 saturated carbocycles. The first-order valence-electron chi connectivity index (χ1n) is 7.36. The van der Waals surface area contributed by atoms with E-state index in [1.165, 1.54) is 0 Å². The summed E-state index contributed by atoms with van der Waals surface area (Å²) in [4.78, 5) is 33.5. The first kappa shape index (κ1) is 20.6. The highest BCUT2D eigenvalue weighted by Gasteiger charge is 2.31. The summed E-state index contributed by atoms with van der Waals surface area (Å²) >= 11 is 0. The van der Waals surface area contributed by atoms with Crippen molar-refractivity contribution in [1.82, 2.24) is 0 Å². The Hall–Kier alpha value is -3.70. The number of carbonyl (C=O) groups excluding carboxylic acids is 2. The Morgan fingerprint density at radius 1 is 1.18 bits per heavy atom. The standard InChI is InChI=1S/C16H11F4N3O5/c17-11-4-2-9(23(26)27)6-13(11)22-14(24)7-28-15(25)10-3-1-8(5-12(10)21)16(18,19)20/h1-6H,7,21H2,(H,22,24). The first-order valence-corrected chi connectivity index (χ1v) is 7.36. The van der Waals surface area contributed by atoms with E-state index in [2.05, 4.69) is 4.74 Å². The fourth-order valence-corrected chi connectivity index (χ4v) is 2.04. The van der Waals surface area contributed by atoms with Crippen molar-refractivity contribution >= 4 is 28.9 Å². The molecule has 28 heavy (non-hydrogen) atoms. The molecule has 3 N–H and O–H groups in total. The van der Waals surface area contributed by atoms with Gasteiger partial charge in [-0.3, -0.25) is 14.9 Å². The molecule has 0 unspecified atom stereocenters. The number of nitrogens with two attached hydrogens (primary N) is 1. The molecule has 0 fully saturated rings. The molecule has 0 heterocycles. The lowest BCUT2D eigenvalue weighted by atomic mass is 10.1. The number of nitrogens with zero attached hydrogens (tertiary/aromatic N) is 1. The van der Waals surface area contributed by atoms with Gasteiger partial charge in [0.15, 0.2) is 6.61 Å². The zero-order valence-corrected chi connectivity index (χ0v) is 13.7. The van der Waals surface area contributed by atoms with E-state index in [1.807, 2.05) is 5.32 Å². The van der Waals surface area contributed by atoms with Crippen molar-refractivity contribution in [3.05, 3.63) is 63.5 Å². The third kappa shape index (κ3) is 4.93. The number of nitrogen functional groups attached to an aromatic ring is 1. The molecule has 0 aliphatic heterocycles. The number of esters is 1. The third-order valence-corrected chi connectivity index (χ3v) is 3.37. The Kier molecular flexibility index (Phi) is 5.81. The van der Waals surface area contributed by atoms with Crippen LogP contribution in [0.5, 0.6) is 0 Å². The van der Waals surface area contributed by atoms with E-state index in [0.717, 1.165) is 24.3 Å². The van der Waals surface area contributed by atoms with Gasteiger partial charge < -0.3 is 15.8 Å². The quantitative estimate of drug-likeness (QED) is 0.261. The number of hydrogen-bond acceptors (Lipinski definition) is 6. The topological polar surface area (TPSA) is 125 Å². The lowest BCUT2D eigenvalue weighted by Crippen LogP contribution is -2.22. The van der Waals surface area contributed by atoms with Gasteiger partial charge in [-0.1, -0.05) is 0 Å². The van der Waals surface area contributed by atoms with Gasteiger partial charge in [-0.05, 0) is 24.3 Å². The fourth-order valence-electron chi connectivity index (χ4n) is 2.04. The average Bonchev–Trinajstić information content (AvgIpc) is 2.60. The number of benzene rings is 2. The highest BCUT2D eigenvalue weighted by molar-refractivity contribution is 5.98. The van der Waals surface area contributed by atoms with Gasteiger partial charge in [-0.25, -0.2) is 9.18 Å². The van der Waals surface area contributed by atoms with Gasteiger partial charge in [0.1, 0.15) is 5.82 Å². The van der Waals surface area contributed by atoms with E-state index in [1.54, 1.807) is 0 Å². The summed E-state index contributed by atoms with van der Waals surface area (Å²) in [7, 11) is 0. The number of carbonyl (C=O) groups is 2. The molecule has 0 saturated heterocycles. The van der Waals surface area contributed by atoms with Crippen molar-refractivity contribution in [2.24, 2.45) is 0 Å². The van der Waals surface area contributed by atoms with Gasteiger partial charge in [0.05, 0.1) is 21.7 Å². The normalized spacial score (nSPS) is 11.0. The van der Waals surface area contributed by atoms with Crippen LogP contribution in [-0.2, 0) is 15.7 Å². The third-order valence-electron chi connectivity index (χ3n) is 3.37. The summed E-state index contributed by atoms with van der Waals surface area (Å²) in [6, 6.07) is 4.36. The monoisotopic (exact) mass is 401 g/mol. The van der Waals surface area contributed by atoms with Crippen LogP contribution in [0.1, 0.15) is 15.9 Å². The summed E-state index contributed by atoms with van der Waals surface area (Å²) in [5.74, 6) is -3.17. The van der Waals surface area contributed by atoms with Crippen LogP contribution in [0.3, 0.4) is 0 Å². The van der Waals surface area contributed by atoms with E-state index < -0.39 is 63.6 Å². The number of non-ortho nitro benzene ring substituents is 1. The summed E-state index contributed by atoms with van der Waals surface area (Å²) in [5.41, 5.74) is 2.43. The van der Waals surface area contributed by atoms with Crippen LogP contribution in [0.4, 0.5) is 34.6 Å². The second kappa shape index (κ2) is 7.90. The van der Waals surface area contributed by atoms with Gasteiger partial charge in [-0.2, -0.15) is 13.2 Å². The van der Waals surface area contributed by atoms with E-state index in [4.69, 9.17) is 5.73 Å². The minimum Gasteiger partial charge on any atom is -0.452 e. The summed E-state index contributed by atoms with van der Waals surface area (Å²) < 4.78 is 55.9. The van der Waals surface area contributed by atoms with Crippen LogP contribution >= 0.6 is 0 Å². The minimum atomic E-state index is -4.65. The minimum absolute atomic E-state index is 0.401. The van der Waals surface area contributed by atoms with Gasteiger partial charge in [0.25, 0.3) is 11.6 Å². The summed E-state index contributed by atoms with van der Waals surface area (Å²) in [5, 5.41) is 12.6. The number of amides is 1. The van der Waals surface area contributed by atoms with Crippen molar-refractivity contribution in [3.63, 3.8) is 0 Å². The van der Waals surface area contributed by atoms with Crippen molar-refractivity contribution in [2.75, 3.05) is 17.7 Å². The number of nitro groups is 1. The maximum atomic E-state index is 13.6. The molecule has 148 valence electrons. The smallest absolute Gasteiger partial charge is 0.416 e. The predicted octanol–water partition coefficient (Wildman–Crippen LogP) is 3.13. The molecule has 1 amide bonds. The number of anilines is 2. The van der Waals surface area contributed by atoms with Crippen LogP contribution < -0.4 is 11.1 Å². The largest absolute Gasteiger partial charge is 0.452 e. The summed E-state index contributed by atoms with van der Waals surface area (Å²) in [6.45, 7) is -0.929. The highest BCUT2D eigenvalue weighted by atomic mass is 19.4. The molecule has 2 aromatic rings. The number of nitrogens with one attached hydrogen (secondary N) is 1. The zero-order chi connectivity index (χ0) is 21.1. The summed E-state index contributed by atoms with van der Waals surface area (Å²) in [6.07, 6.45) is -4.65. The number of halogens is 4. The molecule has 2 aromatic carbocycles. The Balaban J connectivity index is 2.02. The van der Waals surface area contributed by atoms with Gasteiger partial charge in [0.2, 0.25) is 0 Å². The number of hydrogen-bond donors (Lipinski definition) is 2. The molecular weight excluding hydrogens is 390 g/mol. The Morgan fingerprint density at radius 3 is 2.43 bits per heavy atom. The van der Waals surface area contributed by atoms with Crippen molar-refractivity contribution < 1.29 is 36.8 Å². The first-order chi connectivity index (χ1) is 13.0. The molecule has 0 spiro atoms.